The molecule has 0 saturated heterocycles. The summed E-state index contributed by atoms with van der Waals surface area (Å²) in [7, 11) is 1.61. The zero-order valence-corrected chi connectivity index (χ0v) is 15.8. The number of carbonyl (C=O) groups excluding carboxylic acids is 1. The first-order chi connectivity index (χ1) is 14.4. The van der Waals surface area contributed by atoms with Crippen LogP contribution in [0.5, 0.6) is 0 Å². The smallest absolute Gasteiger partial charge is 0.256 e. The highest BCUT2D eigenvalue weighted by Gasteiger charge is 2.31. The van der Waals surface area contributed by atoms with Crippen LogP contribution in [-0.4, -0.2) is 39.6 Å². The largest absolute Gasteiger partial charge is 0.373 e. The van der Waals surface area contributed by atoms with Gasteiger partial charge in [-0.3, -0.25) is 14.7 Å². The minimum Gasteiger partial charge on any atom is -0.373 e. The molecule has 2 N–H and O–H groups in total. The standard InChI is InChI=1S/C21H16F2N4O3/c1-27(21(29)10-2-3-16-11(4-10)7-24-26-16)18-9-30-8-17-19(18)12-5-14(22)15(23)6-13(12)20(28)25-17/h2-7,18H,8-9H2,1H3,(H,24,26)(H,25,28)/t18-/m0/s1. The first-order valence-electron chi connectivity index (χ1n) is 9.26. The fraction of sp³-hybridized carbons (Fsp3) is 0.190. The number of ether oxygens (including phenoxy) is 1. The normalized spacial score (nSPS) is 16.0. The quantitative estimate of drug-likeness (QED) is 0.532. The number of likely N-dealkylation sites (N-methyl/N-ethyl adjacent to an activating group) is 1. The van der Waals surface area contributed by atoms with Crippen LogP contribution in [0.4, 0.5) is 8.78 Å². The van der Waals surface area contributed by atoms with E-state index in [0.29, 0.717) is 16.8 Å². The zero-order valence-electron chi connectivity index (χ0n) is 15.8. The molecule has 4 aromatic rings. The van der Waals surface area contributed by atoms with Crippen LogP contribution in [0.25, 0.3) is 21.7 Å². The average Bonchev–Trinajstić information content (AvgIpc) is 3.21. The summed E-state index contributed by atoms with van der Waals surface area (Å²) in [5.41, 5.74) is 1.71. The number of amides is 1. The maximum atomic E-state index is 14.0. The van der Waals surface area contributed by atoms with E-state index in [4.69, 9.17) is 4.74 Å². The van der Waals surface area contributed by atoms with Crippen molar-refractivity contribution in [3.05, 3.63) is 75.3 Å². The van der Waals surface area contributed by atoms with Crippen molar-refractivity contribution in [1.29, 1.82) is 0 Å². The molecule has 1 aliphatic rings. The molecule has 152 valence electrons. The Morgan fingerprint density at radius 2 is 1.97 bits per heavy atom. The first-order valence-corrected chi connectivity index (χ1v) is 9.26. The number of halogens is 2. The molecule has 0 unspecified atom stereocenters. The number of fused-ring (bicyclic) bond motifs is 4. The second kappa shape index (κ2) is 6.74. The van der Waals surface area contributed by atoms with Crippen molar-refractivity contribution in [1.82, 2.24) is 20.1 Å². The van der Waals surface area contributed by atoms with Crippen LogP contribution in [0, 0.1) is 11.6 Å². The molecule has 9 heteroatoms. The zero-order chi connectivity index (χ0) is 21.0. The van der Waals surface area contributed by atoms with Gasteiger partial charge < -0.3 is 14.6 Å². The Hall–Kier alpha value is -3.59. The third-order valence-corrected chi connectivity index (χ3v) is 5.52. The highest BCUT2D eigenvalue weighted by molar-refractivity contribution is 5.98. The third-order valence-electron chi connectivity index (χ3n) is 5.52. The molecule has 5 rings (SSSR count). The summed E-state index contributed by atoms with van der Waals surface area (Å²) in [4.78, 5) is 29.7. The fourth-order valence-corrected chi connectivity index (χ4v) is 3.97. The van der Waals surface area contributed by atoms with Crippen molar-refractivity contribution in [2.24, 2.45) is 0 Å². The molecule has 30 heavy (non-hydrogen) atoms. The molecule has 0 bridgehead atoms. The number of rotatable bonds is 2. The highest BCUT2D eigenvalue weighted by atomic mass is 19.2. The molecule has 2 aromatic carbocycles. The summed E-state index contributed by atoms with van der Waals surface area (Å²) in [6, 6.07) is 6.47. The van der Waals surface area contributed by atoms with Crippen molar-refractivity contribution in [3.8, 4) is 0 Å². The molecule has 1 aliphatic heterocycles. The lowest BCUT2D eigenvalue weighted by molar-refractivity contribution is 0.0336. The number of aromatic amines is 2. The van der Waals surface area contributed by atoms with E-state index >= 15 is 0 Å². The van der Waals surface area contributed by atoms with Gasteiger partial charge in [0.05, 0.1) is 36.4 Å². The van der Waals surface area contributed by atoms with Gasteiger partial charge in [-0.2, -0.15) is 5.10 Å². The van der Waals surface area contributed by atoms with Gasteiger partial charge in [0, 0.05) is 29.3 Å². The number of carbonyl (C=O) groups is 1. The van der Waals surface area contributed by atoms with E-state index in [0.717, 1.165) is 23.0 Å². The third kappa shape index (κ3) is 2.78. The number of hydrogen-bond donors (Lipinski definition) is 2. The Bertz CT molecular complexity index is 1380. The van der Waals surface area contributed by atoms with Crippen LogP contribution >= 0.6 is 0 Å². The molecular formula is C21H16F2N4O3. The monoisotopic (exact) mass is 410 g/mol. The molecular weight excluding hydrogens is 394 g/mol. The lowest BCUT2D eigenvalue weighted by Gasteiger charge is -2.34. The van der Waals surface area contributed by atoms with Gasteiger partial charge in [0.1, 0.15) is 0 Å². The van der Waals surface area contributed by atoms with Crippen molar-refractivity contribution in [3.63, 3.8) is 0 Å². The summed E-state index contributed by atoms with van der Waals surface area (Å²) in [5.74, 6) is -2.43. The predicted octanol–water partition coefficient (Wildman–Crippen LogP) is 3.03. The number of hydrogen-bond acceptors (Lipinski definition) is 4. The van der Waals surface area contributed by atoms with Crippen LogP contribution in [0.1, 0.15) is 27.7 Å². The van der Waals surface area contributed by atoms with Gasteiger partial charge in [-0.15, -0.1) is 0 Å². The van der Waals surface area contributed by atoms with Gasteiger partial charge in [-0.05, 0) is 35.7 Å². The van der Waals surface area contributed by atoms with Crippen LogP contribution in [0.2, 0.25) is 0 Å². The first kappa shape index (κ1) is 18.4. The topological polar surface area (TPSA) is 91.1 Å². The van der Waals surface area contributed by atoms with Crippen LogP contribution in [0.3, 0.4) is 0 Å². The van der Waals surface area contributed by atoms with Crippen LogP contribution < -0.4 is 5.56 Å². The Labute approximate surface area is 168 Å². The molecule has 7 nitrogen and oxygen atoms in total. The molecule has 0 aliphatic carbocycles. The molecule has 2 aromatic heterocycles. The van der Waals surface area contributed by atoms with E-state index in [1.165, 1.54) is 4.90 Å². The number of pyridine rings is 1. The molecule has 0 saturated carbocycles. The summed E-state index contributed by atoms with van der Waals surface area (Å²) in [5, 5.41) is 7.88. The van der Waals surface area contributed by atoms with Crippen molar-refractivity contribution in [2.45, 2.75) is 12.6 Å². The summed E-state index contributed by atoms with van der Waals surface area (Å²) in [6.45, 7) is 0.266. The number of nitrogens with zero attached hydrogens (tertiary/aromatic N) is 2. The molecule has 0 fully saturated rings. The summed E-state index contributed by atoms with van der Waals surface area (Å²) >= 11 is 0. The van der Waals surface area contributed by atoms with E-state index < -0.39 is 23.2 Å². The number of benzene rings is 2. The van der Waals surface area contributed by atoms with E-state index in [1.807, 2.05) is 0 Å². The summed E-state index contributed by atoms with van der Waals surface area (Å²) in [6.07, 6.45) is 1.63. The Balaban J connectivity index is 1.62. The minimum absolute atomic E-state index is 0.0280. The van der Waals surface area contributed by atoms with Gasteiger partial charge in [-0.25, -0.2) is 8.78 Å². The van der Waals surface area contributed by atoms with Crippen molar-refractivity contribution >= 4 is 27.6 Å². The van der Waals surface area contributed by atoms with E-state index in [-0.39, 0.29) is 29.9 Å². The number of H-pyrrole nitrogens is 2. The minimum atomic E-state index is -1.10. The summed E-state index contributed by atoms with van der Waals surface area (Å²) < 4.78 is 33.3. The fourth-order valence-electron chi connectivity index (χ4n) is 3.97. The second-order valence-electron chi connectivity index (χ2n) is 7.28. The maximum absolute atomic E-state index is 14.0. The Morgan fingerprint density at radius 3 is 2.77 bits per heavy atom. The number of nitrogens with one attached hydrogen (secondary N) is 2. The predicted molar refractivity (Wildman–Crippen MR) is 105 cm³/mol. The average molecular weight is 410 g/mol. The Kier molecular flexibility index (Phi) is 4.14. The maximum Gasteiger partial charge on any atom is 0.256 e. The van der Waals surface area contributed by atoms with Gasteiger partial charge in [0.15, 0.2) is 11.6 Å². The van der Waals surface area contributed by atoms with Gasteiger partial charge >= 0.3 is 0 Å². The lowest BCUT2D eigenvalue weighted by atomic mass is 9.95. The van der Waals surface area contributed by atoms with Gasteiger partial charge in [-0.1, -0.05) is 0 Å². The SMILES string of the molecule is CN(C(=O)c1ccc2[nH]ncc2c1)[C@H]1COCc2[nH]c(=O)c3cc(F)c(F)cc3c21. The highest BCUT2D eigenvalue weighted by Crippen LogP contribution is 2.34. The van der Waals surface area contributed by atoms with E-state index in [2.05, 4.69) is 15.2 Å². The number of aromatic nitrogens is 3. The molecule has 1 atom stereocenters. The van der Waals surface area contributed by atoms with Gasteiger partial charge in [0.2, 0.25) is 0 Å². The lowest BCUT2D eigenvalue weighted by Crippen LogP contribution is -2.37. The van der Waals surface area contributed by atoms with E-state index in [1.54, 1.807) is 31.4 Å². The van der Waals surface area contributed by atoms with Crippen molar-refractivity contribution < 1.29 is 18.3 Å². The molecule has 0 spiro atoms. The van der Waals surface area contributed by atoms with Crippen LogP contribution in [-0.2, 0) is 11.3 Å². The van der Waals surface area contributed by atoms with E-state index in [9.17, 15) is 18.4 Å². The van der Waals surface area contributed by atoms with Gasteiger partial charge in [0.25, 0.3) is 11.5 Å². The second-order valence-corrected chi connectivity index (χ2v) is 7.28. The Morgan fingerprint density at radius 1 is 1.20 bits per heavy atom. The molecule has 1 amide bonds. The van der Waals surface area contributed by atoms with Crippen LogP contribution in [0.15, 0.2) is 41.3 Å². The molecule has 0 radical (unpaired) electrons. The molecule has 3 heterocycles. The van der Waals surface area contributed by atoms with Crippen molar-refractivity contribution in [2.75, 3.05) is 13.7 Å².